The van der Waals surface area contributed by atoms with Gasteiger partial charge in [-0.15, -0.1) is 0 Å². The van der Waals surface area contributed by atoms with Crippen molar-refractivity contribution < 1.29 is 13.9 Å². The van der Waals surface area contributed by atoms with Crippen LogP contribution in [0.3, 0.4) is 0 Å². The molecule has 0 spiro atoms. The number of nitrogens with one attached hydrogen (secondary N) is 2. The monoisotopic (exact) mass is 404 g/mol. The van der Waals surface area contributed by atoms with Gasteiger partial charge >= 0.3 is 6.09 Å². The van der Waals surface area contributed by atoms with Crippen LogP contribution in [0.2, 0.25) is 0 Å². The number of piperidine rings is 1. The van der Waals surface area contributed by atoms with E-state index in [-0.39, 0.29) is 19.1 Å². The molecule has 0 aliphatic carbocycles. The van der Waals surface area contributed by atoms with Crippen molar-refractivity contribution in [2.45, 2.75) is 57.3 Å². The molecule has 0 bridgehead atoms. The topological polar surface area (TPSA) is 83.8 Å². The number of fused-ring (bicyclic) bond motifs is 1. The predicted octanol–water partition coefficient (Wildman–Crippen LogP) is 2.48. The number of alkyl halides is 1. The van der Waals surface area contributed by atoms with Gasteiger partial charge in [0, 0.05) is 43.0 Å². The Balaban J connectivity index is 1.59. The van der Waals surface area contributed by atoms with Crippen molar-refractivity contribution in [1.29, 1.82) is 0 Å². The second kappa shape index (κ2) is 7.44. The average Bonchev–Trinajstić information content (AvgIpc) is 3.09. The van der Waals surface area contributed by atoms with E-state index in [1.54, 1.807) is 0 Å². The minimum atomic E-state index is -1.42. The molecule has 2 aromatic rings. The summed E-state index contributed by atoms with van der Waals surface area (Å²) in [7, 11) is 1.34. The number of likely N-dealkylation sites (tertiary alicyclic amines) is 1. The van der Waals surface area contributed by atoms with Crippen molar-refractivity contribution >= 4 is 17.6 Å². The van der Waals surface area contributed by atoms with Crippen molar-refractivity contribution in [3.05, 3.63) is 23.5 Å². The lowest BCUT2D eigenvalue weighted by molar-refractivity contribution is -0.0301. The molecule has 0 saturated carbocycles. The van der Waals surface area contributed by atoms with Gasteiger partial charge in [0.05, 0.1) is 19.3 Å². The van der Waals surface area contributed by atoms with Gasteiger partial charge in [-0.2, -0.15) is 9.61 Å². The van der Waals surface area contributed by atoms with Crippen LogP contribution in [0.25, 0.3) is 5.65 Å². The van der Waals surface area contributed by atoms with E-state index in [4.69, 9.17) is 4.74 Å². The van der Waals surface area contributed by atoms with E-state index in [0.717, 1.165) is 22.7 Å². The number of ether oxygens (including phenoxy) is 1. The summed E-state index contributed by atoms with van der Waals surface area (Å²) >= 11 is 0. The normalized spacial score (nSPS) is 23.9. The fraction of sp³-hybridized carbons (Fsp3) is 0.650. The van der Waals surface area contributed by atoms with E-state index in [2.05, 4.69) is 34.6 Å². The van der Waals surface area contributed by atoms with Crippen molar-refractivity contribution in [1.82, 2.24) is 24.8 Å². The fourth-order valence-electron chi connectivity index (χ4n) is 4.34. The Labute approximate surface area is 169 Å². The first-order valence-electron chi connectivity index (χ1n) is 10.2. The first kappa shape index (κ1) is 19.9. The van der Waals surface area contributed by atoms with Crippen LogP contribution in [0.1, 0.15) is 43.9 Å². The van der Waals surface area contributed by atoms with Crippen LogP contribution in [0.15, 0.2) is 12.3 Å². The molecule has 4 heterocycles. The summed E-state index contributed by atoms with van der Waals surface area (Å²) in [5.74, 6) is 1.16. The van der Waals surface area contributed by atoms with Gasteiger partial charge in [0.25, 0.3) is 0 Å². The van der Waals surface area contributed by atoms with Crippen LogP contribution >= 0.6 is 0 Å². The number of anilines is 1. The molecule has 2 atom stereocenters. The lowest BCUT2D eigenvalue weighted by Crippen LogP contribution is -2.70. The first-order valence-corrected chi connectivity index (χ1v) is 10.2. The van der Waals surface area contributed by atoms with Crippen molar-refractivity contribution in [2.75, 3.05) is 32.1 Å². The summed E-state index contributed by atoms with van der Waals surface area (Å²) in [6, 6.07) is 1.46. The molecule has 2 aliphatic heterocycles. The lowest BCUT2D eigenvalue weighted by atomic mass is 9.82. The molecule has 1 amide bonds. The van der Waals surface area contributed by atoms with Gasteiger partial charge in [0.15, 0.2) is 11.3 Å². The van der Waals surface area contributed by atoms with Gasteiger partial charge in [-0.05, 0) is 25.7 Å². The highest BCUT2D eigenvalue weighted by atomic mass is 19.1. The number of methoxy groups -OCH3 is 1. The number of amides is 1. The number of hydrogen-bond acceptors (Lipinski definition) is 6. The minimum Gasteiger partial charge on any atom is -0.453 e. The van der Waals surface area contributed by atoms with E-state index in [9.17, 15) is 4.79 Å². The van der Waals surface area contributed by atoms with Gasteiger partial charge in [-0.25, -0.2) is 14.2 Å². The lowest BCUT2D eigenvalue weighted by Gasteiger charge is -2.49. The smallest absolute Gasteiger partial charge is 0.409 e. The zero-order valence-electron chi connectivity index (χ0n) is 17.4. The Morgan fingerprint density at radius 3 is 2.83 bits per heavy atom. The van der Waals surface area contributed by atoms with Crippen molar-refractivity contribution in [2.24, 2.45) is 0 Å². The molecule has 2 aromatic heterocycles. The second-order valence-electron chi connectivity index (χ2n) is 8.46. The molecule has 2 saturated heterocycles. The standard InChI is InChI=1S/C20H29FN6O2/c1-12(2)15-9-23-27-17(7-13(3)24-18(15)27)25-14-5-6-26(19(28)29-4)16(8-14)20(21)10-22-11-20/h7,9,12,14,16,22,25H,5-6,8,10-11H2,1-4H3. The van der Waals surface area contributed by atoms with E-state index >= 15 is 4.39 Å². The molecule has 9 heteroatoms. The summed E-state index contributed by atoms with van der Waals surface area (Å²) in [5.41, 5.74) is 1.42. The summed E-state index contributed by atoms with van der Waals surface area (Å²) in [6.45, 7) is 7.16. The summed E-state index contributed by atoms with van der Waals surface area (Å²) in [6.07, 6.45) is 2.61. The summed E-state index contributed by atoms with van der Waals surface area (Å²) < 4.78 is 22.0. The van der Waals surface area contributed by atoms with Crippen molar-refractivity contribution in [3.63, 3.8) is 0 Å². The van der Waals surface area contributed by atoms with Gasteiger partial charge in [0.2, 0.25) is 0 Å². The molecule has 2 aliphatic rings. The molecular formula is C20H29FN6O2. The number of carbonyl (C=O) groups excluding carboxylic acids is 1. The maximum Gasteiger partial charge on any atom is 0.409 e. The van der Waals surface area contributed by atoms with Crippen LogP contribution in [-0.2, 0) is 4.74 Å². The Bertz CT molecular complexity index is 910. The number of aromatic nitrogens is 3. The number of nitrogens with zero attached hydrogens (tertiary/aromatic N) is 4. The molecule has 2 fully saturated rings. The number of hydrogen-bond donors (Lipinski definition) is 2. The quantitative estimate of drug-likeness (QED) is 0.815. The van der Waals surface area contributed by atoms with Crippen LogP contribution in [0.5, 0.6) is 0 Å². The maximum atomic E-state index is 15.3. The average molecular weight is 404 g/mol. The molecule has 4 rings (SSSR count). The SMILES string of the molecule is COC(=O)N1CCC(Nc2cc(C)nc3c(C(C)C)cnn23)CC1C1(F)CNC1. The maximum absolute atomic E-state index is 15.3. The molecule has 2 N–H and O–H groups in total. The Morgan fingerprint density at radius 2 is 2.21 bits per heavy atom. The number of carbonyl (C=O) groups is 1. The first-order chi connectivity index (χ1) is 13.8. The minimum absolute atomic E-state index is 0.0193. The van der Waals surface area contributed by atoms with Gasteiger partial charge < -0.3 is 20.3 Å². The predicted molar refractivity (Wildman–Crippen MR) is 108 cm³/mol. The van der Waals surface area contributed by atoms with Crippen LogP contribution in [0.4, 0.5) is 15.0 Å². The van der Waals surface area contributed by atoms with Gasteiger partial charge in [0.1, 0.15) is 5.82 Å². The largest absolute Gasteiger partial charge is 0.453 e. The van der Waals surface area contributed by atoms with E-state index in [1.807, 2.05) is 23.7 Å². The third-order valence-electron chi connectivity index (χ3n) is 6.05. The van der Waals surface area contributed by atoms with Gasteiger partial charge in [-0.1, -0.05) is 13.8 Å². The van der Waals surface area contributed by atoms with Crippen LogP contribution in [0, 0.1) is 6.92 Å². The van der Waals surface area contributed by atoms with Crippen LogP contribution in [-0.4, -0.2) is 70.1 Å². The zero-order valence-corrected chi connectivity index (χ0v) is 17.4. The highest BCUT2D eigenvalue weighted by Crippen LogP contribution is 2.34. The molecule has 2 unspecified atom stereocenters. The third kappa shape index (κ3) is 3.52. The van der Waals surface area contributed by atoms with Crippen molar-refractivity contribution in [3.8, 4) is 0 Å². The van der Waals surface area contributed by atoms with Gasteiger partial charge in [-0.3, -0.25) is 0 Å². The molecule has 158 valence electrons. The molecule has 29 heavy (non-hydrogen) atoms. The Kier molecular flexibility index (Phi) is 5.10. The zero-order chi connectivity index (χ0) is 20.8. The summed E-state index contributed by atoms with van der Waals surface area (Å²) in [5, 5.41) is 11.0. The highest BCUT2D eigenvalue weighted by Gasteiger charge is 2.51. The van der Waals surface area contributed by atoms with E-state index < -0.39 is 17.8 Å². The molecule has 0 aromatic carbocycles. The number of aryl methyl sites for hydroxylation is 1. The molecule has 0 radical (unpaired) electrons. The second-order valence-corrected chi connectivity index (χ2v) is 8.46. The van der Waals surface area contributed by atoms with Crippen LogP contribution < -0.4 is 10.6 Å². The van der Waals surface area contributed by atoms with E-state index in [0.29, 0.717) is 25.3 Å². The third-order valence-corrected chi connectivity index (χ3v) is 6.05. The van der Waals surface area contributed by atoms with E-state index in [1.165, 1.54) is 12.0 Å². The Morgan fingerprint density at radius 1 is 1.45 bits per heavy atom. The molecular weight excluding hydrogens is 375 g/mol. The highest BCUT2D eigenvalue weighted by molar-refractivity contribution is 5.68. The molecule has 8 nitrogen and oxygen atoms in total. The summed E-state index contributed by atoms with van der Waals surface area (Å²) in [4.78, 5) is 18.4. The fourth-order valence-corrected chi connectivity index (χ4v) is 4.34. The number of halogens is 1. The number of rotatable bonds is 4. The Hall–Kier alpha value is -2.42.